The first-order chi connectivity index (χ1) is 14.8. The van der Waals surface area contributed by atoms with Crippen molar-refractivity contribution < 1.29 is 17.9 Å². The summed E-state index contributed by atoms with van der Waals surface area (Å²) >= 11 is 6.33. The van der Waals surface area contributed by atoms with E-state index in [1.165, 1.54) is 6.07 Å². The second kappa shape index (κ2) is 8.76. The molecule has 3 aromatic rings. The van der Waals surface area contributed by atoms with Crippen molar-refractivity contribution in [3.05, 3.63) is 58.4 Å². The average Bonchev–Trinajstić information content (AvgIpc) is 3.13. The lowest BCUT2D eigenvalue weighted by Gasteiger charge is -2.24. The summed E-state index contributed by atoms with van der Waals surface area (Å²) in [6.07, 6.45) is -2.60. The van der Waals surface area contributed by atoms with Crippen LogP contribution in [0.3, 0.4) is 0 Å². The zero-order valence-corrected chi connectivity index (χ0v) is 17.2. The molecule has 0 unspecified atom stereocenters. The Morgan fingerprint density at radius 2 is 1.84 bits per heavy atom. The molecule has 2 aromatic carbocycles. The van der Waals surface area contributed by atoms with Crippen molar-refractivity contribution in [2.24, 2.45) is 0 Å². The van der Waals surface area contributed by atoms with Crippen LogP contribution in [0.15, 0.2) is 36.4 Å². The van der Waals surface area contributed by atoms with E-state index in [0.29, 0.717) is 22.7 Å². The van der Waals surface area contributed by atoms with E-state index in [9.17, 15) is 13.2 Å². The molecular weight excluding hydrogens is 431 g/mol. The van der Waals surface area contributed by atoms with Gasteiger partial charge in [-0.1, -0.05) is 23.7 Å². The number of nitrogens with two attached hydrogens (primary N) is 1. The van der Waals surface area contributed by atoms with E-state index < -0.39 is 11.7 Å². The minimum Gasteiger partial charge on any atom is -0.490 e. The number of hydrogen-bond acceptors (Lipinski definition) is 5. The lowest BCUT2D eigenvalue weighted by Crippen LogP contribution is -2.34. The zero-order valence-electron chi connectivity index (χ0n) is 16.5. The van der Waals surface area contributed by atoms with Crippen molar-refractivity contribution >= 4 is 17.5 Å². The Bertz CT molecular complexity index is 1050. The molecule has 0 radical (unpaired) electrons. The first-order valence-electron chi connectivity index (χ1n) is 9.84. The maximum absolute atomic E-state index is 13.9. The SMILES string of the molecule is Nc1n[nH]c(Cc2cc(Cl)c(-c3ccc(OC4CCNCC4)cc3)c(C(F)(F)F)c2)n1. The summed E-state index contributed by atoms with van der Waals surface area (Å²) in [6.45, 7) is 1.78. The van der Waals surface area contributed by atoms with E-state index in [0.717, 1.165) is 32.0 Å². The van der Waals surface area contributed by atoms with E-state index in [2.05, 4.69) is 20.5 Å². The van der Waals surface area contributed by atoms with Crippen LogP contribution in [0.2, 0.25) is 5.02 Å². The molecule has 10 heteroatoms. The number of alkyl halides is 3. The van der Waals surface area contributed by atoms with Gasteiger partial charge in [-0.25, -0.2) is 0 Å². The summed E-state index contributed by atoms with van der Waals surface area (Å²) < 4.78 is 47.6. The number of benzene rings is 2. The highest BCUT2D eigenvalue weighted by molar-refractivity contribution is 6.33. The first-order valence-corrected chi connectivity index (χ1v) is 10.2. The van der Waals surface area contributed by atoms with Gasteiger partial charge in [-0.15, -0.1) is 5.10 Å². The van der Waals surface area contributed by atoms with Gasteiger partial charge in [0.2, 0.25) is 5.95 Å². The maximum atomic E-state index is 13.9. The zero-order chi connectivity index (χ0) is 22.0. The van der Waals surface area contributed by atoms with Gasteiger partial charge < -0.3 is 15.8 Å². The Hall–Kier alpha value is -2.78. The minimum absolute atomic E-state index is 0.00401. The summed E-state index contributed by atoms with van der Waals surface area (Å²) in [6, 6.07) is 9.15. The highest BCUT2D eigenvalue weighted by atomic mass is 35.5. The molecule has 31 heavy (non-hydrogen) atoms. The Labute approximate surface area is 182 Å². The van der Waals surface area contributed by atoms with Crippen LogP contribution in [-0.4, -0.2) is 34.4 Å². The standard InChI is InChI=1S/C21H21ClF3N5O/c22-17-10-12(11-18-28-20(26)30-29-18)9-16(21(23,24)25)19(17)13-1-3-14(4-2-13)31-15-5-7-27-8-6-15/h1-4,9-10,15,27H,5-8,11H2,(H3,26,28,29,30). The fraction of sp³-hybridized carbons (Fsp3) is 0.333. The van der Waals surface area contributed by atoms with Gasteiger partial charge in [-0.3, -0.25) is 5.10 Å². The van der Waals surface area contributed by atoms with Crippen molar-refractivity contribution in [2.45, 2.75) is 31.5 Å². The lowest BCUT2D eigenvalue weighted by atomic mass is 9.95. The van der Waals surface area contributed by atoms with E-state index in [-0.39, 0.29) is 29.1 Å². The van der Waals surface area contributed by atoms with E-state index in [1.54, 1.807) is 24.3 Å². The third kappa shape index (κ3) is 5.11. The van der Waals surface area contributed by atoms with Gasteiger partial charge in [0, 0.05) is 17.0 Å². The molecule has 2 heterocycles. The molecule has 1 saturated heterocycles. The highest BCUT2D eigenvalue weighted by Gasteiger charge is 2.35. The number of hydrogen-bond donors (Lipinski definition) is 3. The fourth-order valence-corrected chi connectivity index (χ4v) is 4.02. The minimum atomic E-state index is -4.58. The van der Waals surface area contributed by atoms with Gasteiger partial charge in [0.05, 0.1) is 5.56 Å². The number of halogens is 4. The van der Waals surface area contributed by atoms with E-state index in [4.69, 9.17) is 22.1 Å². The van der Waals surface area contributed by atoms with Crippen molar-refractivity contribution in [1.29, 1.82) is 0 Å². The van der Waals surface area contributed by atoms with Crippen molar-refractivity contribution in [3.63, 3.8) is 0 Å². The van der Waals surface area contributed by atoms with Crippen molar-refractivity contribution in [2.75, 3.05) is 18.8 Å². The van der Waals surface area contributed by atoms with Crippen LogP contribution in [0.4, 0.5) is 19.1 Å². The number of aromatic amines is 1. The molecule has 6 nitrogen and oxygen atoms in total. The van der Waals surface area contributed by atoms with Crippen LogP contribution in [0.25, 0.3) is 11.1 Å². The van der Waals surface area contributed by atoms with Gasteiger partial charge in [-0.05, 0) is 61.3 Å². The fourth-order valence-electron chi connectivity index (χ4n) is 3.67. The molecule has 164 valence electrons. The number of nitrogen functional groups attached to an aromatic ring is 1. The predicted molar refractivity (Wildman–Crippen MR) is 112 cm³/mol. The number of piperidine rings is 1. The average molecular weight is 452 g/mol. The molecular formula is C21H21ClF3N5O. The number of nitrogens with one attached hydrogen (secondary N) is 2. The quantitative estimate of drug-likeness (QED) is 0.533. The molecule has 4 rings (SSSR count). The van der Waals surface area contributed by atoms with Gasteiger partial charge in [0.15, 0.2) is 0 Å². The molecule has 1 aliphatic rings. The molecule has 1 aliphatic heterocycles. The summed E-state index contributed by atoms with van der Waals surface area (Å²) in [5.41, 5.74) is 5.30. The van der Waals surface area contributed by atoms with Crippen LogP contribution >= 0.6 is 11.6 Å². The Balaban J connectivity index is 1.63. The lowest BCUT2D eigenvalue weighted by molar-refractivity contribution is -0.137. The second-order valence-electron chi connectivity index (χ2n) is 7.41. The van der Waals surface area contributed by atoms with Gasteiger partial charge >= 0.3 is 6.18 Å². The summed E-state index contributed by atoms with van der Waals surface area (Å²) in [4.78, 5) is 3.93. The monoisotopic (exact) mass is 451 g/mol. The number of anilines is 1. The summed E-state index contributed by atoms with van der Waals surface area (Å²) in [5.74, 6) is 1.01. The molecule has 0 saturated carbocycles. The maximum Gasteiger partial charge on any atom is 0.417 e. The second-order valence-corrected chi connectivity index (χ2v) is 7.81. The molecule has 0 spiro atoms. The summed E-state index contributed by atoms with van der Waals surface area (Å²) in [7, 11) is 0. The van der Waals surface area contributed by atoms with E-state index in [1.807, 2.05) is 0 Å². The first kappa shape index (κ1) is 21.5. The normalized spacial score (nSPS) is 15.2. The molecule has 1 aromatic heterocycles. The smallest absolute Gasteiger partial charge is 0.417 e. The number of H-pyrrole nitrogens is 1. The van der Waals surface area contributed by atoms with Crippen molar-refractivity contribution in [1.82, 2.24) is 20.5 Å². The van der Waals surface area contributed by atoms with Crippen LogP contribution in [0.1, 0.15) is 29.8 Å². The Morgan fingerprint density at radius 3 is 2.45 bits per heavy atom. The Morgan fingerprint density at radius 1 is 1.13 bits per heavy atom. The largest absolute Gasteiger partial charge is 0.490 e. The van der Waals surface area contributed by atoms with Gasteiger partial charge in [-0.2, -0.15) is 18.2 Å². The highest BCUT2D eigenvalue weighted by Crippen LogP contribution is 2.42. The molecule has 0 bridgehead atoms. The van der Waals surface area contributed by atoms with Gasteiger partial charge in [0.1, 0.15) is 17.7 Å². The molecule has 0 aliphatic carbocycles. The number of rotatable bonds is 5. The predicted octanol–water partition coefficient (Wildman–Crippen LogP) is 4.45. The van der Waals surface area contributed by atoms with Crippen molar-refractivity contribution in [3.8, 4) is 16.9 Å². The van der Waals surface area contributed by atoms with Gasteiger partial charge in [0.25, 0.3) is 0 Å². The van der Waals surface area contributed by atoms with Crippen LogP contribution in [-0.2, 0) is 12.6 Å². The third-order valence-corrected chi connectivity index (χ3v) is 5.41. The summed E-state index contributed by atoms with van der Waals surface area (Å²) in [5, 5.41) is 9.55. The topological polar surface area (TPSA) is 88.8 Å². The number of nitrogens with zero attached hydrogens (tertiary/aromatic N) is 2. The Kier molecular flexibility index (Phi) is 6.06. The molecule has 0 amide bonds. The van der Waals surface area contributed by atoms with E-state index >= 15 is 0 Å². The third-order valence-electron chi connectivity index (χ3n) is 5.11. The number of aromatic nitrogens is 3. The van der Waals surface area contributed by atoms with Crippen LogP contribution in [0, 0.1) is 0 Å². The van der Waals surface area contributed by atoms with Crippen LogP contribution in [0.5, 0.6) is 5.75 Å². The molecule has 4 N–H and O–H groups in total. The van der Waals surface area contributed by atoms with Crippen LogP contribution < -0.4 is 15.8 Å². The molecule has 1 fully saturated rings. The molecule has 0 atom stereocenters. The number of ether oxygens (including phenoxy) is 1.